The standard InChI is InChI=1S/C22H31N2O7P/c1-14(2)30-32(27,31-15(3)4)22(19-11-10-18(28-6)13-21(19)29-7)23-17-9-8-16(5)20(12-17)24(25)26/h8-15,22-23H,1-7H3. The topological polar surface area (TPSA) is 109 Å². The van der Waals surface area contributed by atoms with Crippen LogP contribution in [0.3, 0.4) is 0 Å². The third kappa shape index (κ3) is 6.22. The molecule has 9 nitrogen and oxygen atoms in total. The molecule has 0 radical (unpaired) electrons. The molecular weight excluding hydrogens is 435 g/mol. The molecule has 2 aromatic carbocycles. The number of methoxy groups -OCH3 is 2. The van der Waals surface area contributed by atoms with E-state index < -0.39 is 30.5 Å². The number of nitrogens with zero attached hydrogens (tertiary/aromatic N) is 1. The Kier molecular flexibility index (Phi) is 8.66. The zero-order valence-corrected chi connectivity index (χ0v) is 20.3. The van der Waals surface area contributed by atoms with Crippen molar-refractivity contribution in [3.05, 3.63) is 57.6 Å². The van der Waals surface area contributed by atoms with E-state index in [-0.39, 0.29) is 5.69 Å². The number of nitrogens with one attached hydrogen (secondary N) is 1. The zero-order valence-electron chi connectivity index (χ0n) is 19.4. The second kappa shape index (κ2) is 10.8. The molecule has 0 saturated heterocycles. The van der Waals surface area contributed by atoms with Crippen LogP contribution in [0, 0.1) is 17.0 Å². The molecule has 0 saturated carbocycles. The summed E-state index contributed by atoms with van der Waals surface area (Å²) in [6.07, 6.45) is -0.805. The number of rotatable bonds is 11. The Labute approximate surface area is 188 Å². The second-order valence-electron chi connectivity index (χ2n) is 7.76. The van der Waals surface area contributed by atoms with Gasteiger partial charge in [-0.15, -0.1) is 0 Å². The normalized spacial score (nSPS) is 12.7. The number of nitro groups is 1. The average molecular weight is 466 g/mol. The van der Waals surface area contributed by atoms with Crippen LogP contribution < -0.4 is 14.8 Å². The van der Waals surface area contributed by atoms with Gasteiger partial charge in [-0.3, -0.25) is 14.7 Å². The largest absolute Gasteiger partial charge is 0.497 e. The fourth-order valence-electron chi connectivity index (χ4n) is 3.16. The molecule has 0 aliphatic heterocycles. The van der Waals surface area contributed by atoms with Gasteiger partial charge in [-0.05, 0) is 52.8 Å². The quantitative estimate of drug-likeness (QED) is 0.241. The first-order chi connectivity index (χ1) is 15.0. The summed E-state index contributed by atoms with van der Waals surface area (Å²) in [4.78, 5) is 11.0. The summed E-state index contributed by atoms with van der Waals surface area (Å²) in [6.45, 7) is 8.69. The van der Waals surface area contributed by atoms with Gasteiger partial charge in [0.15, 0.2) is 5.78 Å². The van der Waals surface area contributed by atoms with E-state index in [0.717, 1.165) is 0 Å². The molecule has 1 N–H and O–H groups in total. The van der Waals surface area contributed by atoms with Gasteiger partial charge in [-0.25, -0.2) is 0 Å². The molecule has 0 fully saturated rings. The van der Waals surface area contributed by atoms with Crippen molar-refractivity contribution < 1.29 is 28.0 Å². The number of hydrogen-bond acceptors (Lipinski definition) is 8. The Morgan fingerprint density at radius 3 is 2.09 bits per heavy atom. The maximum Gasteiger partial charge on any atom is 0.357 e. The first-order valence-corrected chi connectivity index (χ1v) is 11.8. The average Bonchev–Trinajstić information content (AvgIpc) is 2.71. The Balaban J connectivity index is 2.68. The van der Waals surface area contributed by atoms with Crippen molar-refractivity contribution in [3.8, 4) is 11.5 Å². The fourth-order valence-corrected chi connectivity index (χ4v) is 5.49. The van der Waals surface area contributed by atoms with E-state index in [9.17, 15) is 14.7 Å². The molecule has 10 heteroatoms. The highest BCUT2D eigenvalue weighted by molar-refractivity contribution is 7.54. The number of benzene rings is 2. The van der Waals surface area contributed by atoms with E-state index in [1.165, 1.54) is 20.3 Å². The summed E-state index contributed by atoms with van der Waals surface area (Å²) in [5.41, 5.74) is 1.35. The van der Waals surface area contributed by atoms with Gasteiger partial charge in [0.25, 0.3) is 5.69 Å². The van der Waals surface area contributed by atoms with Crippen molar-refractivity contribution >= 4 is 19.0 Å². The maximum atomic E-state index is 14.1. The van der Waals surface area contributed by atoms with Crippen LogP contribution in [0.15, 0.2) is 36.4 Å². The molecule has 0 spiro atoms. The van der Waals surface area contributed by atoms with Crippen molar-refractivity contribution in [2.24, 2.45) is 0 Å². The van der Waals surface area contributed by atoms with E-state index >= 15 is 0 Å². The molecule has 0 amide bonds. The van der Waals surface area contributed by atoms with Gasteiger partial charge in [0, 0.05) is 28.9 Å². The van der Waals surface area contributed by atoms with E-state index in [1.54, 1.807) is 65.0 Å². The van der Waals surface area contributed by atoms with Crippen LogP contribution in [0.1, 0.15) is 44.6 Å². The van der Waals surface area contributed by atoms with Crippen molar-refractivity contribution in [2.45, 2.75) is 52.6 Å². The minimum atomic E-state index is -3.85. The number of hydrogen-bond donors (Lipinski definition) is 1. The number of nitro benzene ring substituents is 1. The van der Waals surface area contributed by atoms with Gasteiger partial charge < -0.3 is 23.8 Å². The number of anilines is 1. The molecule has 0 aliphatic rings. The third-order valence-corrected chi connectivity index (χ3v) is 6.95. The van der Waals surface area contributed by atoms with Crippen LogP contribution in [0.2, 0.25) is 0 Å². The van der Waals surface area contributed by atoms with Crippen LogP contribution in [0.5, 0.6) is 11.5 Å². The summed E-state index contributed by atoms with van der Waals surface area (Å²) in [6, 6.07) is 9.78. The summed E-state index contributed by atoms with van der Waals surface area (Å²) in [5, 5.41) is 14.6. The van der Waals surface area contributed by atoms with Crippen LogP contribution in [0.25, 0.3) is 0 Å². The molecule has 0 aliphatic carbocycles. The second-order valence-corrected chi connectivity index (χ2v) is 9.78. The van der Waals surface area contributed by atoms with Gasteiger partial charge in [0.05, 0.1) is 31.4 Å². The van der Waals surface area contributed by atoms with Crippen LogP contribution in [-0.4, -0.2) is 31.4 Å². The summed E-state index contributed by atoms with van der Waals surface area (Å²) < 4.78 is 36.6. The van der Waals surface area contributed by atoms with Crippen molar-refractivity contribution in [2.75, 3.05) is 19.5 Å². The minimum absolute atomic E-state index is 0.0557. The molecule has 176 valence electrons. The van der Waals surface area contributed by atoms with E-state index in [4.69, 9.17) is 18.5 Å². The van der Waals surface area contributed by atoms with E-state index in [2.05, 4.69) is 5.32 Å². The van der Waals surface area contributed by atoms with Gasteiger partial charge in [-0.1, -0.05) is 6.07 Å². The molecule has 0 aromatic heterocycles. The van der Waals surface area contributed by atoms with Gasteiger partial charge in [0.2, 0.25) is 0 Å². The Bertz CT molecular complexity index is 980. The Hall–Kier alpha value is -2.61. The lowest BCUT2D eigenvalue weighted by atomic mass is 10.1. The van der Waals surface area contributed by atoms with Gasteiger partial charge >= 0.3 is 7.60 Å². The monoisotopic (exact) mass is 466 g/mol. The molecule has 1 atom stereocenters. The summed E-state index contributed by atoms with van der Waals surface area (Å²) >= 11 is 0. The molecule has 1 unspecified atom stereocenters. The highest BCUT2D eigenvalue weighted by Crippen LogP contribution is 2.63. The van der Waals surface area contributed by atoms with Crippen LogP contribution >= 0.6 is 7.60 Å². The smallest absolute Gasteiger partial charge is 0.357 e. The Morgan fingerprint density at radius 1 is 0.969 bits per heavy atom. The zero-order chi connectivity index (χ0) is 24.1. The SMILES string of the molecule is COc1ccc(C(Nc2ccc(C)c([N+](=O)[O-])c2)P(=O)(OC(C)C)OC(C)C)c(OC)c1. The van der Waals surface area contributed by atoms with Gasteiger partial charge in [0.1, 0.15) is 11.5 Å². The molecule has 2 rings (SSSR count). The van der Waals surface area contributed by atoms with Crippen LogP contribution in [0.4, 0.5) is 11.4 Å². The van der Waals surface area contributed by atoms with E-state index in [1.807, 2.05) is 0 Å². The molecular formula is C22H31N2O7P. The van der Waals surface area contributed by atoms with Crippen molar-refractivity contribution in [1.29, 1.82) is 0 Å². The first kappa shape index (κ1) is 25.6. The predicted octanol–water partition coefficient (Wildman–Crippen LogP) is 6.07. The highest BCUT2D eigenvalue weighted by atomic mass is 31.2. The lowest BCUT2D eigenvalue weighted by molar-refractivity contribution is -0.385. The fraction of sp³-hybridized carbons (Fsp3) is 0.455. The summed E-state index contributed by atoms with van der Waals surface area (Å²) in [7, 11) is -0.824. The summed E-state index contributed by atoms with van der Waals surface area (Å²) in [5.74, 6) is -0.0430. The number of aryl methyl sites for hydroxylation is 1. The predicted molar refractivity (Wildman–Crippen MR) is 124 cm³/mol. The number of ether oxygens (including phenoxy) is 2. The molecule has 0 bridgehead atoms. The minimum Gasteiger partial charge on any atom is -0.497 e. The lowest BCUT2D eigenvalue weighted by Crippen LogP contribution is -2.20. The maximum absolute atomic E-state index is 14.1. The third-order valence-electron chi connectivity index (χ3n) is 4.48. The highest BCUT2D eigenvalue weighted by Gasteiger charge is 2.41. The van der Waals surface area contributed by atoms with Gasteiger partial charge in [-0.2, -0.15) is 0 Å². The molecule has 0 heterocycles. The van der Waals surface area contributed by atoms with Crippen LogP contribution in [-0.2, 0) is 13.6 Å². The first-order valence-electron chi connectivity index (χ1n) is 10.2. The molecule has 32 heavy (non-hydrogen) atoms. The van der Waals surface area contributed by atoms with E-state index in [0.29, 0.717) is 28.3 Å². The lowest BCUT2D eigenvalue weighted by Gasteiger charge is -2.32. The molecule has 2 aromatic rings. The Morgan fingerprint density at radius 2 is 1.59 bits per heavy atom. The van der Waals surface area contributed by atoms with Crippen molar-refractivity contribution in [3.63, 3.8) is 0 Å². The van der Waals surface area contributed by atoms with Crippen molar-refractivity contribution in [1.82, 2.24) is 0 Å².